The topological polar surface area (TPSA) is 26.0 Å². The number of rotatable bonds is 1. The molecule has 0 aliphatic heterocycles. The number of thiophene rings is 1. The van der Waals surface area contributed by atoms with Gasteiger partial charge in [-0.25, -0.2) is 4.98 Å². The lowest BCUT2D eigenvalue weighted by molar-refractivity contribution is 0.572. The van der Waals surface area contributed by atoms with Crippen LogP contribution in [-0.2, 0) is 0 Å². The summed E-state index contributed by atoms with van der Waals surface area (Å²) in [6.07, 6.45) is 1.43. The summed E-state index contributed by atoms with van der Waals surface area (Å²) in [5.74, 6) is 0.797. The Balaban J connectivity index is 2.53. The number of nitrogens with zero attached hydrogens (tertiary/aromatic N) is 1. The first-order valence-electron chi connectivity index (χ1n) is 2.99. The Hall–Kier alpha value is -0.610. The summed E-state index contributed by atoms with van der Waals surface area (Å²) in [6, 6.07) is 2.00. The molecule has 0 unspecified atom stereocenters. The lowest BCUT2D eigenvalue weighted by Crippen LogP contribution is -1.67. The molecule has 0 spiro atoms. The van der Waals surface area contributed by atoms with Crippen LogP contribution in [0.2, 0.25) is 0 Å². The predicted molar refractivity (Wildman–Crippen MR) is 47.5 cm³/mol. The van der Waals surface area contributed by atoms with E-state index >= 15 is 0 Å². The van der Waals surface area contributed by atoms with Crippen molar-refractivity contribution in [2.75, 3.05) is 0 Å². The summed E-state index contributed by atoms with van der Waals surface area (Å²) >= 11 is 4.93. The highest BCUT2D eigenvalue weighted by molar-refractivity contribution is 9.10. The molecule has 0 amide bonds. The summed E-state index contributed by atoms with van der Waals surface area (Å²) in [5, 5.41) is 4.02. The van der Waals surface area contributed by atoms with Crippen molar-refractivity contribution in [2.45, 2.75) is 0 Å². The van der Waals surface area contributed by atoms with Crippen LogP contribution >= 0.6 is 27.3 Å². The third-order valence-corrected chi connectivity index (χ3v) is 2.56. The van der Waals surface area contributed by atoms with E-state index in [-0.39, 0.29) is 0 Å². The van der Waals surface area contributed by atoms with Crippen LogP contribution in [0, 0.1) is 0 Å². The van der Waals surface area contributed by atoms with Crippen LogP contribution in [-0.4, -0.2) is 4.98 Å². The zero-order chi connectivity index (χ0) is 7.68. The average Bonchev–Trinajstić information content (AvgIpc) is 2.55. The fourth-order valence-electron chi connectivity index (χ4n) is 0.813. The summed E-state index contributed by atoms with van der Waals surface area (Å²) in [6.45, 7) is 0. The van der Waals surface area contributed by atoms with Gasteiger partial charge in [-0.05, 0) is 27.4 Å². The second kappa shape index (κ2) is 2.79. The van der Waals surface area contributed by atoms with E-state index in [1.54, 1.807) is 11.3 Å². The smallest absolute Gasteiger partial charge is 0.182 e. The number of halogens is 1. The van der Waals surface area contributed by atoms with Crippen LogP contribution < -0.4 is 0 Å². The van der Waals surface area contributed by atoms with Gasteiger partial charge in [-0.3, -0.25) is 0 Å². The van der Waals surface area contributed by atoms with E-state index < -0.39 is 0 Å². The summed E-state index contributed by atoms with van der Waals surface area (Å²) < 4.78 is 5.92. The van der Waals surface area contributed by atoms with Crippen molar-refractivity contribution < 1.29 is 4.42 Å². The molecule has 0 saturated heterocycles. The molecule has 0 N–H and O–H groups in total. The van der Waals surface area contributed by atoms with E-state index in [0.29, 0.717) is 0 Å². The minimum Gasteiger partial charge on any atom is -0.442 e. The molecule has 0 saturated carbocycles. The maximum absolute atomic E-state index is 5.16. The van der Waals surface area contributed by atoms with E-state index in [1.807, 2.05) is 16.8 Å². The van der Waals surface area contributed by atoms with Gasteiger partial charge in [0.05, 0.1) is 0 Å². The Kier molecular flexibility index (Phi) is 1.79. The normalized spacial score (nSPS) is 10.3. The molecule has 0 bridgehead atoms. The lowest BCUT2D eigenvalue weighted by atomic mass is 10.3. The first kappa shape index (κ1) is 7.06. The van der Waals surface area contributed by atoms with Crippen molar-refractivity contribution >= 4 is 27.3 Å². The lowest BCUT2D eigenvalue weighted by Gasteiger charge is -1.87. The van der Waals surface area contributed by atoms with Crippen LogP contribution in [0.4, 0.5) is 0 Å². The van der Waals surface area contributed by atoms with Crippen LogP contribution in [0.25, 0.3) is 11.3 Å². The fraction of sp³-hybridized carbons (Fsp3) is 0. The highest BCUT2D eigenvalue weighted by atomic mass is 79.9. The van der Waals surface area contributed by atoms with Gasteiger partial charge in [0.25, 0.3) is 0 Å². The Morgan fingerprint density at radius 1 is 1.55 bits per heavy atom. The van der Waals surface area contributed by atoms with Gasteiger partial charge in [-0.15, -0.1) is 0 Å². The molecule has 11 heavy (non-hydrogen) atoms. The van der Waals surface area contributed by atoms with Gasteiger partial charge in [0.15, 0.2) is 16.8 Å². The van der Waals surface area contributed by atoms with Crippen molar-refractivity contribution in [3.05, 3.63) is 27.8 Å². The maximum atomic E-state index is 5.16. The zero-order valence-corrected chi connectivity index (χ0v) is 7.85. The summed E-state index contributed by atoms with van der Waals surface area (Å²) in [5.41, 5.74) is 1.07. The molecule has 4 heteroatoms. The number of hydrogen-bond donors (Lipinski definition) is 0. The summed E-state index contributed by atoms with van der Waals surface area (Å²) in [7, 11) is 0. The molecule has 0 aliphatic rings. The van der Waals surface area contributed by atoms with Crippen LogP contribution in [0.1, 0.15) is 0 Å². The average molecular weight is 230 g/mol. The monoisotopic (exact) mass is 229 g/mol. The quantitative estimate of drug-likeness (QED) is 0.751. The van der Waals surface area contributed by atoms with Crippen LogP contribution in [0.5, 0.6) is 0 Å². The number of aromatic nitrogens is 1. The molecule has 0 fully saturated rings. The van der Waals surface area contributed by atoms with E-state index in [9.17, 15) is 0 Å². The molecule has 0 radical (unpaired) electrons. The molecule has 0 atom stereocenters. The Labute approximate surface area is 76.0 Å². The standard InChI is InChI=1S/C7H4BrNOS/c8-7-6(10-4-9-7)5-1-2-11-3-5/h1-4H. The van der Waals surface area contributed by atoms with Gasteiger partial charge in [0.1, 0.15) is 0 Å². The van der Waals surface area contributed by atoms with Crippen molar-refractivity contribution in [1.82, 2.24) is 4.98 Å². The molecular formula is C7H4BrNOS. The predicted octanol–water partition coefficient (Wildman–Crippen LogP) is 3.17. The van der Waals surface area contributed by atoms with Gasteiger partial charge in [0.2, 0.25) is 0 Å². The van der Waals surface area contributed by atoms with Crippen molar-refractivity contribution in [2.24, 2.45) is 0 Å². The van der Waals surface area contributed by atoms with Crippen molar-refractivity contribution in [1.29, 1.82) is 0 Å². The Morgan fingerprint density at radius 3 is 3.00 bits per heavy atom. The maximum Gasteiger partial charge on any atom is 0.182 e. The molecule has 2 heterocycles. The SMILES string of the molecule is Brc1ncoc1-c1ccsc1. The highest BCUT2D eigenvalue weighted by Gasteiger charge is 2.06. The largest absolute Gasteiger partial charge is 0.442 e. The molecule has 0 aromatic carbocycles. The van der Waals surface area contributed by atoms with Crippen LogP contribution in [0.3, 0.4) is 0 Å². The van der Waals surface area contributed by atoms with Gasteiger partial charge in [-0.1, -0.05) is 0 Å². The first-order valence-corrected chi connectivity index (χ1v) is 4.73. The Bertz CT molecular complexity index is 341. The van der Waals surface area contributed by atoms with E-state index in [2.05, 4.69) is 20.9 Å². The fourth-order valence-corrected chi connectivity index (χ4v) is 1.86. The van der Waals surface area contributed by atoms with E-state index in [4.69, 9.17) is 4.42 Å². The van der Waals surface area contributed by atoms with E-state index in [0.717, 1.165) is 15.9 Å². The second-order valence-corrected chi connectivity index (χ2v) is 3.52. The van der Waals surface area contributed by atoms with Gasteiger partial charge < -0.3 is 4.42 Å². The number of hydrogen-bond acceptors (Lipinski definition) is 3. The highest BCUT2D eigenvalue weighted by Crippen LogP contribution is 2.28. The second-order valence-electron chi connectivity index (χ2n) is 1.98. The third kappa shape index (κ3) is 1.23. The molecular weight excluding hydrogens is 226 g/mol. The van der Waals surface area contributed by atoms with Crippen molar-refractivity contribution in [3.8, 4) is 11.3 Å². The number of oxazole rings is 1. The zero-order valence-electron chi connectivity index (χ0n) is 5.45. The summed E-state index contributed by atoms with van der Waals surface area (Å²) in [4.78, 5) is 3.93. The van der Waals surface area contributed by atoms with Gasteiger partial charge in [0, 0.05) is 10.9 Å². The van der Waals surface area contributed by atoms with Crippen molar-refractivity contribution in [3.63, 3.8) is 0 Å². The molecule has 2 nitrogen and oxygen atoms in total. The molecule has 2 aromatic rings. The van der Waals surface area contributed by atoms with Crippen LogP contribution in [0.15, 0.2) is 32.2 Å². The first-order chi connectivity index (χ1) is 5.38. The minimum absolute atomic E-state index is 0.760. The molecule has 2 aromatic heterocycles. The molecule has 2 rings (SSSR count). The molecule has 0 aliphatic carbocycles. The Morgan fingerprint density at radius 2 is 2.45 bits per heavy atom. The van der Waals surface area contributed by atoms with Gasteiger partial charge in [-0.2, -0.15) is 11.3 Å². The molecule has 56 valence electrons. The van der Waals surface area contributed by atoms with Gasteiger partial charge >= 0.3 is 0 Å². The third-order valence-electron chi connectivity index (χ3n) is 1.31. The van der Waals surface area contributed by atoms with E-state index in [1.165, 1.54) is 6.39 Å². The minimum atomic E-state index is 0.760.